The molecule has 0 aliphatic heterocycles. The maximum Gasteiger partial charge on any atom is 0.184 e. The van der Waals surface area contributed by atoms with Gasteiger partial charge in [0.05, 0.1) is 5.69 Å². The van der Waals surface area contributed by atoms with Crippen LogP contribution in [-0.2, 0) is 12.8 Å². The molecule has 0 N–H and O–H groups in total. The van der Waals surface area contributed by atoms with E-state index < -0.39 is 0 Å². The van der Waals surface area contributed by atoms with Gasteiger partial charge in [-0.25, -0.2) is 4.98 Å². The van der Waals surface area contributed by atoms with Crippen LogP contribution in [0.15, 0.2) is 24.5 Å². The number of thiazole rings is 1. The number of pyridine rings is 1. The van der Waals surface area contributed by atoms with Crippen molar-refractivity contribution in [2.24, 2.45) is 0 Å². The number of halogens is 1. The van der Waals surface area contributed by atoms with Crippen LogP contribution in [0.2, 0.25) is 4.47 Å². The molecule has 0 radical (unpaired) electrons. The summed E-state index contributed by atoms with van der Waals surface area (Å²) < 4.78 is 0.633. The van der Waals surface area contributed by atoms with E-state index in [9.17, 15) is 0 Å². The van der Waals surface area contributed by atoms with Crippen LogP contribution < -0.4 is 0 Å². The standard InChI is InChI=1S/C11H11ClN2S/c1-8-10(14-11(12)15-8)5-4-9-3-2-6-13-7-9/h2-3,6-7H,4-5H2,1H3. The Bertz CT molecular complexity index is 439. The minimum absolute atomic E-state index is 0.633. The van der Waals surface area contributed by atoms with Crippen LogP contribution in [0.1, 0.15) is 16.1 Å². The normalized spacial score (nSPS) is 10.5. The van der Waals surface area contributed by atoms with E-state index in [0.29, 0.717) is 4.47 Å². The Morgan fingerprint density at radius 2 is 2.27 bits per heavy atom. The molecule has 2 rings (SSSR count). The number of aromatic nitrogens is 2. The third-order valence-electron chi connectivity index (χ3n) is 2.24. The number of aryl methyl sites for hydroxylation is 3. The summed E-state index contributed by atoms with van der Waals surface area (Å²) >= 11 is 7.39. The number of rotatable bonds is 3. The Hall–Kier alpha value is -0.930. The molecule has 2 nitrogen and oxygen atoms in total. The van der Waals surface area contributed by atoms with Gasteiger partial charge >= 0.3 is 0 Å². The molecule has 2 heterocycles. The fourth-order valence-electron chi connectivity index (χ4n) is 1.43. The third-order valence-corrected chi connectivity index (χ3v) is 3.36. The molecule has 0 aliphatic carbocycles. The van der Waals surface area contributed by atoms with Gasteiger partial charge < -0.3 is 0 Å². The lowest BCUT2D eigenvalue weighted by molar-refractivity contribution is 0.910. The highest BCUT2D eigenvalue weighted by Gasteiger charge is 2.05. The van der Waals surface area contributed by atoms with Crippen molar-refractivity contribution in [1.82, 2.24) is 9.97 Å². The second-order valence-electron chi connectivity index (χ2n) is 3.33. The van der Waals surface area contributed by atoms with E-state index in [4.69, 9.17) is 11.6 Å². The molecule has 0 amide bonds. The molecule has 0 saturated heterocycles. The zero-order valence-electron chi connectivity index (χ0n) is 8.40. The first kappa shape index (κ1) is 10.6. The summed E-state index contributed by atoms with van der Waals surface area (Å²) in [6.45, 7) is 2.06. The Kier molecular flexibility index (Phi) is 3.34. The van der Waals surface area contributed by atoms with Gasteiger partial charge in [0.2, 0.25) is 0 Å². The molecule has 0 atom stereocenters. The summed E-state index contributed by atoms with van der Waals surface area (Å²) in [6, 6.07) is 4.03. The number of hydrogen-bond acceptors (Lipinski definition) is 3. The number of hydrogen-bond donors (Lipinski definition) is 0. The van der Waals surface area contributed by atoms with Gasteiger partial charge in [-0.05, 0) is 31.4 Å². The van der Waals surface area contributed by atoms with Crippen molar-refractivity contribution in [2.45, 2.75) is 19.8 Å². The topological polar surface area (TPSA) is 25.8 Å². The molecule has 2 aromatic heterocycles. The van der Waals surface area contributed by atoms with Gasteiger partial charge in [-0.15, -0.1) is 11.3 Å². The smallest absolute Gasteiger partial charge is 0.184 e. The minimum atomic E-state index is 0.633. The fourth-order valence-corrected chi connectivity index (χ4v) is 2.56. The van der Waals surface area contributed by atoms with Crippen LogP contribution in [0.25, 0.3) is 0 Å². The summed E-state index contributed by atoms with van der Waals surface area (Å²) in [4.78, 5) is 9.58. The average Bonchev–Trinajstić information content (AvgIpc) is 2.56. The Labute approximate surface area is 98.0 Å². The average molecular weight is 239 g/mol. The monoisotopic (exact) mass is 238 g/mol. The maximum absolute atomic E-state index is 5.84. The maximum atomic E-state index is 5.84. The molecule has 78 valence electrons. The third kappa shape index (κ3) is 2.76. The Morgan fingerprint density at radius 1 is 1.40 bits per heavy atom. The predicted molar refractivity (Wildman–Crippen MR) is 63.5 cm³/mol. The van der Waals surface area contributed by atoms with Crippen LogP contribution >= 0.6 is 22.9 Å². The zero-order valence-corrected chi connectivity index (χ0v) is 9.98. The summed E-state index contributed by atoms with van der Waals surface area (Å²) in [6.07, 6.45) is 5.58. The largest absolute Gasteiger partial charge is 0.264 e. The van der Waals surface area contributed by atoms with Gasteiger partial charge in [-0.2, -0.15) is 0 Å². The first-order valence-corrected chi connectivity index (χ1v) is 5.96. The van der Waals surface area contributed by atoms with Gasteiger partial charge in [0.1, 0.15) is 0 Å². The second kappa shape index (κ2) is 4.73. The van der Waals surface area contributed by atoms with Crippen molar-refractivity contribution in [3.05, 3.63) is 45.1 Å². The van der Waals surface area contributed by atoms with Crippen molar-refractivity contribution in [3.8, 4) is 0 Å². The van der Waals surface area contributed by atoms with Crippen molar-refractivity contribution in [3.63, 3.8) is 0 Å². The van der Waals surface area contributed by atoms with E-state index in [1.165, 1.54) is 10.4 Å². The molecule has 4 heteroatoms. The van der Waals surface area contributed by atoms with Crippen molar-refractivity contribution < 1.29 is 0 Å². The molecule has 0 fully saturated rings. The first-order chi connectivity index (χ1) is 7.25. The van der Waals surface area contributed by atoms with E-state index in [-0.39, 0.29) is 0 Å². The molecule has 0 aliphatic rings. The Balaban J connectivity index is 2.02. The highest BCUT2D eigenvalue weighted by atomic mass is 35.5. The lowest BCUT2D eigenvalue weighted by atomic mass is 10.1. The summed E-state index contributed by atoms with van der Waals surface area (Å²) in [5, 5.41) is 0. The van der Waals surface area contributed by atoms with Gasteiger partial charge in [0.25, 0.3) is 0 Å². The van der Waals surface area contributed by atoms with E-state index in [2.05, 4.69) is 23.0 Å². The molecule has 0 unspecified atom stereocenters. The molecule has 0 spiro atoms. The highest BCUT2D eigenvalue weighted by molar-refractivity contribution is 7.15. The second-order valence-corrected chi connectivity index (χ2v) is 5.12. The van der Waals surface area contributed by atoms with Crippen molar-refractivity contribution in [1.29, 1.82) is 0 Å². The van der Waals surface area contributed by atoms with Gasteiger partial charge in [-0.1, -0.05) is 17.7 Å². The Morgan fingerprint density at radius 3 is 2.87 bits per heavy atom. The molecule has 0 aromatic carbocycles. The van der Waals surface area contributed by atoms with E-state index >= 15 is 0 Å². The molecule has 2 aromatic rings. The van der Waals surface area contributed by atoms with Crippen molar-refractivity contribution in [2.75, 3.05) is 0 Å². The van der Waals surface area contributed by atoms with E-state index in [1.54, 1.807) is 17.5 Å². The van der Waals surface area contributed by atoms with Gasteiger partial charge in [0, 0.05) is 17.3 Å². The molecule has 0 saturated carbocycles. The fraction of sp³-hybridized carbons (Fsp3) is 0.273. The highest BCUT2D eigenvalue weighted by Crippen LogP contribution is 2.22. The van der Waals surface area contributed by atoms with Gasteiger partial charge in [-0.3, -0.25) is 4.98 Å². The van der Waals surface area contributed by atoms with Crippen LogP contribution in [0.4, 0.5) is 0 Å². The molecular formula is C11H11ClN2S. The minimum Gasteiger partial charge on any atom is -0.264 e. The van der Waals surface area contributed by atoms with Gasteiger partial charge in [0.15, 0.2) is 4.47 Å². The predicted octanol–water partition coefficient (Wildman–Crippen LogP) is 3.29. The SMILES string of the molecule is Cc1sc(Cl)nc1CCc1cccnc1. The quantitative estimate of drug-likeness (QED) is 0.820. The first-order valence-electron chi connectivity index (χ1n) is 4.76. The van der Waals surface area contributed by atoms with Crippen LogP contribution in [0.5, 0.6) is 0 Å². The molecular weight excluding hydrogens is 228 g/mol. The number of nitrogens with zero attached hydrogens (tertiary/aromatic N) is 2. The van der Waals surface area contributed by atoms with E-state index in [1.807, 2.05) is 12.3 Å². The molecule has 15 heavy (non-hydrogen) atoms. The van der Waals surface area contributed by atoms with Crippen LogP contribution in [-0.4, -0.2) is 9.97 Å². The summed E-state index contributed by atoms with van der Waals surface area (Å²) in [5.74, 6) is 0. The van der Waals surface area contributed by atoms with Crippen LogP contribution in [0, 0.1) is 6.92 Å². The lowest BCUT2D eigenvalue weighted by Crippen LogP contribution is -1.93. The van der Waals surface area contributed by atoms with Crippen LogP contribution in [0.3, 0.4) is 0 Å². The van der Waals surface area contributed by atoms with E-state index in [0.717, 1.165) is 18.5 Å². The lowest BCUT2D eigenvalue weighted by Gasteiger charge is -1.98. The summed E-state index contributed by atoms with van der Waals surface area (Å²) in [7, 11) is 0. The van der Waals surface area contributed by atoms with Crippen molar-refractivity contribution >= 4 is 22.9 Å². The zero-order chi connectivity index (χ0) is 10.7. The molecule has 0 bridgehead atoms. The summed E-state index contributed by atoms with van der Waals surface area (Å²) in [5.41, 5.74) is 2.34.